The minimum absolute atomic E-state index is 0.00462. The first-order chi connectivity index (χ1) is 16.3. The highest BCUT2D eigenvalue weighted by Crippen LogP contribution is 2.35. The second-order valence-corrected chi connectivity index (χ2v) is 9.61. The van der Waals surface area contributed by atoms with E-state index in [1.165, 1.54) is 0 Å². The number of anilines is 2. The van der Waals surface area contributed by atoms with Crippen LogP contribution in [0.3, 0.4) is 0 Å². The van der Waals surface area contributed by atoms with Crippen LogP contribution in [0.1, 0.15) is 52.9 Å². The van der Waals surface area contributed by atoms with Gasteiger partial charge in [-0.2, -0.15) is 0 Å². The Morgan fingerprint density at radius 3 is 2.53 bits per heavy atom. The molecule has 3 aromatic heterocycles. The summed E-state index contributed by atoms with van der Waals surface area (Å²) in [5, 5.41) is 10.3. The molecule has 0 bridgehead atoms. The van der Waals surface area contributed by atoms with Crippen molar-refractivity contribution in [2.45, 2.75) is 45.6 Å². The molecule has 0 radical (unpaired) electrons. The molecular weight excluding hydrogens is 452 g/mol. The number of fused-ring (bicyclic) bond motifs is 1. The molecule has 1 unspecified atom stereocenters. The van der Waals surface area contributed by atoms with Crippen LogP contribution in [0.15, 0.2) is 30.7 Å². The second kappa shape index (κ2) is 8.92. The van der Waals surface area contributed by atoms with Crippen LogP contribution >= 0.6 is 11.6 Å². The molecule has 2 aliphatic rings. The Labute approximate surface area is 203 Å². The van der Waals surface area contributed by atoms with Crippen LogP contribution in [0.4, 0.5) is 11.8 Å². The summed E-state index contributed by atoms with van der Waals surface area (Å²) >= 11 is 6.48. The Morgan fingerprint density at radius 2 is 1.79 bits per heavy atom. The molecule has 1 fully saturated rings. The molecule has 0 spiro atoms. The van der Waals surface area contributed by atoms with Crippen LogP contribution in [0.25, 0.3) is 11.3 Å². The standard InChI is InChI=1S/C25H27ClN6O2/c1-14-8-15(2)22(28-10-14)18-9-21(27-12-20(18)26)32-13-16(3)23-19(24(32)34)11-29-25(30-23)31-6-4-17(33)5-7-31/h8-12,16-17,33H,4-7,13H2,1-3H3. The molecule has 8 nitrogen and oxygen atoms in total. The molecule has 1 amide bonds. The van der Waals surface area contributed by atoms with E-state index in [0.29, 0.717) is 54.8 Å². The fraction of sp³-hybridized carbons (Fsp3) is 0.400. The van der Waals surface area contributed by atoms with Crippen LogP contribution in [0.2, 0.25) is 5.02 Å². The summed E-state index contributed by atoms with van der Waals surface area (Å²) in [6.07, 6.45) is 6.13. The van der Waals surface area contributed by atoms with E-state index in [1.807, 2.05) is 19.9 Å². The summed E-state index contributed by atoms with van der Waals surface area (Å²) in [6.45, 7) is 7.91. The summed E-state index contributed by atoms with van der Waals surface area (Å²) in [6, 6.07) is 3.89. The molecule has 5 rings (SSSR count). The van der Waals surface area contributed by atoms with Gasteiger partial charge in [-0.25, -0.2) is 15.0 Å². The second-order valence-electron chi connectivity index (χ2n) is 9.20. The molecular formula is C25H27ClN6O2. The van der Waals surface area contributed by atoms with Gasteiger partial charge in [0, 0.05) is 49.7 Å². The molecule has 1 N–H and O–H groups in total. The van der Waals surface area contributed by atoms with Crippen LogP contribution in [0.5, 0.6) is 0 Å². The zero-order valence-corrected chi connectivity index (χ0v) is 20.2. The lowest BCUT2D eigenvalue weighted by Crippen LogP contribution is -2.41. The summed E-state index contributed by atoms with van der Waals surface area (Å²) in [7, 11) is 0. The number of pyridine rings is 2. The average molecular weight is 479 g/mol. The number of aliphatic hydroxyl groups is 1. The number of aliphatic hydroxyl groups excluding tert-OH is 1. The van der Waals surface area contributed by atoms with Crippen LogP contribution in [0, 0.1) is 13.8 Å². The number of rotatable bonds is 3. The Bertz CT molecular complexity index is 1260. The maximum atomic E-state index is 13.4. The lowest BCUT2D eigenvalue weighted by atomic mass is 9.96. The van der Waals surface area contributed by atoms with E-state index in [2.05, 4.69) is 32.8 Å². The number of aryl methyl sites for hydroxylation is 2. The van der Waals surface area contributed by atoms with Gasteiger partial charge in [0.1, 0.15) is 5.82 Å². The van der Waals surface area contributed by atoms with Crippen molar-refractivity contribution < 1.29 is 9.90 Å². The average Bonchev–Trinajstić information content (AvgIpc) is 2.82. The highest BCUT2D eigenvalue weighted by Gasteiger charge is 2.34. The minimum atomic E-state index is -0.265. The van der Waals surface area contributed by atoms with E-state index in [4.69, 9.17) is 16.6 Å². The molecule has 176 valence electrons. The van der Waals surface area contributed by atoms with Gasteiger partial charge in [-0.15, -0.1) is 0 Å². The Morgan fingerprint density at radius 1 is 1.03 bits per heavy atom. The number of carbonyl (C=O) groups excluding carboxylic acids is 1. The van der Waals surface area contributed by atoms with Gasteiger partial charge in [-0.3, -0.25) is 14.7 Å². The van der Waals surface area contributed by atoms with Crippen molar-refractivity contribution in [1.82, 2.24) is 19.9 Å². The largest absolute Gasteiger partial charge is 0.393 e. The Balaban J connectivity index is 1.47. The first-order valence-corrected chi connectivity index (χ1v) is 11.9. The van der Waals surface area contributed by atoms with Crippen molar-refractivity contribution in [2.24, 2.45) is 0 Å². The predicted octanol–water partition coefficient (Wildman–Crippen LogP) is 3.93. The quantitative estimate of drug-likeness (QED) is 0.609. The fourth-order valence-corrected chi connectivity index (χ4v) is 4.88. The SMILES string of the molecule is Cc1cnc(-c2cc(N3CC(C)c4nc(N5CCC(O)CC5)ncc4C3=O)ncc2Cl)c(C)c1. The number of hydrogen-bond acceptors (Lipinski definition) is 7. The van der Waals surface area contributed by atoms with Crippen LogP contribution in [-0.2, 0) is 0 Å². The van der Waals surface area contributed by atoms with Crippen molar-refractivity contribution in [1.29, 1.82) is 0 Å². The normalized spacial score (nSPS) is 18.9. The lowest BCUT2D eigenvalue weighted by molar-refractivity contribution is 0.0975. The maximum Gasteiger partial charge on any atom is 0.262 e. The van der Waals surface area contributed by atoms with Crippen LogP contribution in [-0.4, -0.2) is 56.7 Å². The molecule has 3 aromatic rings. The first kappa shape index (κ1) is 22.7. The molecule has 9 heteroatoms. The molecule has 2 aliphatic heterocycles. The number of hydrogen-bond donors (Lipinski definition) is 1. The summed E-state index contributed by atoms with van der Waals surface area (Å²) in [5.41, 5.74) is 4.84. The highest BCUT2D eigenvalue weighted by molar-refractivity contribution is 6.33. The van der Waals surface area contributed by atoms with Gasteiger partial charge in [0.15, 0.2) is 0 Å². The van der Waals surface area contributed by atoms with E-state index in [9.17, 15) is 9.90 Å². The zero-order valence-electron chi connectivity index (χ0n) is 19.5. The van der Waals surface area contributed by atoms with Gasteiger partial charge in [-0.05, 0) is 43.9 Å². The number of piperidine rings is 1. The molecule has 0 aliphatic carbocycles. The van der Waals surface area contributed by atoms with Crippen molar-refractivity contribution in [2.75, 3.05) is 29.4 Å². The molecule has 34 heavy (non-hydrogen) atoms. The topological polar surface area (TPSA) is 95.3 Å². The number of nitrogens with zero attached hydrogens (tertiary/aromatic N) is 6. The third-order valence-electron chi connectivity index (χ3n) is 6.54. The lowest BCUT2D eigenvalue weighted by Gasteiger charge is -2.33. The fourth-order valence-electron chi connectivity index (χ4n) is 4.68. The number of halogens is 1. The van der Waals surface area contributed by atoms with Crippen molar-refractivity contribution in [3.8, 4) is 11.3 Å². The van der Waals surface area contributed by atoms with Gasteiger partial charge >= 0.3 is 0 Å². The van der Waals surface area contributed by atoms with Gasteiger partial charge < -0.3 is 10.0 Å². The zero-order chi connectivity index (χ0) is 24.0. The smallest absolute Gasteiger partial charge is 0.262 e. The van der Waals surface area contributed by atoms with Gasteiger partial charge in [-0.1, -0.05) is 24.6 Å². The molecule has 0 aromatic carbocycles. The van der Waals surface area contributed by atoms with Gasteiger partial charge in [0.25, 0.3) is 5.91 Å². The first-order valence-electron chi connectivity index (χ1n) is 11.5. The Hall–Kier alpha value is -3.10. The molecule has 1 atom stereocenters. The van der Waals surface area contributed by atoms with Gasteiger partial charge in [0.05, 0.1) is 28.1 Å². The maximum absolute atomic E-state index is 13.4. The van der Waals surface area contributed by atoms with E-state index in [1.54, 1.807) is 23.5 Å². The number of aromatic nitrogens is 4. The summed E-state index contributed by atoms with van der Waals surface area (Å²) in [5.74, 6) is 0.970. The predicted molar refractivity (Wildman–Crippen MR) is 132 cm³/mol. The minimum Gasteiger partial charge on any atom is -0.393 e. The van der Waals surface area contributed by atoms with E-state index in [0.717, 1.165) is 28.1 Å². The van der Waals surface area contributed by atoms with E-state index < -0.39 is 0 Å². The molecule has 1 saturated heterocycles. The monoisotopic (exact) mass is 478 g/mol. The van der Waals surface area contributed by atoms with Crippen LogP contribution < -0.4 is 9.80 Å². The third kappa shape index (κ3) is 4.12. The number of amides is 1. The third-order valence-corrected chi connectivity index (χ3v) is 6.84. The van der Waals surface area contributed by atoms with E-state index in [-0.39, 0.29) is 17.9 Å². The van der Waals surface area contributed by atoms with E-state index >= 15 is 0 Å². The van der Waals surface area contributed by atoms with Gasteiger partial charge in [0.2, 0.25) is 5.95 Å². The van der Waals surface area contributed by atoms with Crippen molar-refractivity contribution in [3.63, 3.8) is 0 Å². The summed E-state index contributed by atoms with van der Waals surface area (Å²) in [4.78, 5) is 35.5. The number of carbonyl (C=O) groups is 1. The van der Waals surface area contributed by atoms with Crippen molar-refractivity contribution in [3.05, 3.63) is 58.1 Å². The highest BCUT2D eigenvalue weighted by atomic mass is 35.5. The molecule has 0 saturated carbocycles. The molecule has 5 heterocycles. The summed E-state index contributed by atoms with van der Waals surface area (Å²) < 4.78 is 0. The Kier molecular flexibility index (Phi) is 5.95. The van der Waals surface area contributed by atoms with Crippen molar-refractivity contribution >= 4 is 29.3 Å².